The van der Waals surface area contributed by atoms with E-state index >= 15 is 0 Å². The second-order valence-corrected chi connectivity index (χ2v) is 7.94. The highest BCUT2D eigenvalue weighted by atomic mass is 16.1. The fourth-order valence-corrected chi connectivity index (χ4v) is 4.76. The van der Waals surface area contributed by atoms with Gasteiger partial charge in [0.25, 0.3) is 0 Å². The van der Waals surface area contributed by atoms with E-state index in [1.165, 1.54) is 21.6 Å². The highest BCUT2D eigenvalue weighted by Crippen LogP contribution is 2.54. The van der Waals surface area contributed by atoms with Crippen molar-refractivity contribution >= 4 is 12.4 Å². The molecule has 2 aliphatic rings. The van der Waals surface area contributed by atoms with Crippen LogP contribution in [-0.4, -0.2) is 24.3 Å². The van der Waals surface area contributed by atoms with Crippen molar-refractivity contribution in [3.8, 4) is 6.07 Å². The van der Waals surface area contributed by atoms with Gasteiger partial charge in [-0.3, -0.25) is 9.69 Å². The molecule has 1 amide bonds. The van der Waals surface area contributed by atoms with Gasteiger partial charge in [-0.2, -0.15) is 5.26 Å². The van der Waals surface area contributed by atoms with E-state index in [4.69, 9.17) is 10.7 Å². The molecule has 4 rings (SSSR count). The summed E-state index contributed by atoms with van der Waals surface area (Å²) in [5.74, 6) is 0.219. The van der Waals surface area contributed by atoms with Crippen molar-refractivity contribution in [1.29, 1.82) is 5.26 Å². The third-order valence-electron chi connectivity index (χ3n) is 6.38. The van der Waals surface area contributed by atoms with Crippen molar-refractivity contribution in [3.63, 3.8) is 0 Å². The lowest BCUT2D eigenvalue weighted by Gasteiger charge is -2.33. The first-order chi connectivity index (χ1) is 13.6. The summed E-state index contributed by atoms with van der Waals surface area (Å²) < 4.78 is 0. The van der Waals surface area contributed by atoms with E-state index in [0.29, 0.717) is 12.0 Å². The van der Waals surface area contributed by atoms with Crippen LogP contribution in [0.2, 0.25) is 0 Å². The van der Waals surface area contributed by atoms with Crippen LogP contribution >= 0.6 is 0 Å². The normalized spacial score (nSPS) is 20.0. The van der Waals surface area contributed by atoms with Crippen molar-refractivity contribution in [1.82, 2.24) is 4.90 Å². The van der Waals surface area contributed by atoms with E-state index in [1.54, 1.807) is 7.05 Å². The van der Waals surface area contributed by atoms with Gasteiger partial charge in [0.05, 0.1) is 17.7 Å². The van der Waals surface area contributed by atoms with Crippen LogP contribution in [0.1, 0.15) is 46.7 Å². The van der Waals surface area contributed by atoms with Crippen molar-refractivity contribution in [2.45, 2.75) is 38.1 Å². The highest BCUT2D eigenvalue weighted by molar-refractivity contribution is 5.87. The Hall–Kier alpha value is -3.13. The molecule has 2 aromatic rings. The standard InChI is InChI=1S/C23H24N4O/c1-27(15-28)22(25)26-21-20-12-16(14-24)6-7-19(20)13-23(21)10-8-17-4-2-3-5-18(17)9-11-23/h2-7,12,15,21H,8-11,13H2,1H3,(H2,25,26). The van der Waals surface area contributed by atoms with Crippen molar-refractivity contribution < 1.29 is 4.79 Å². The van der Waals surface area contributed by atoms with Gasteiger partial charge < -0.3 is 5.73 Å². The Kier molecular flexibility index (Phi) is 4.64. The molecule has 2 N–H and O–H groups in total. The zero-order chi connectivity index (χ0) is 19.7. The first kappa shape index (κ1) is 18.2. The molecule has 1 unspecified atom stereocenters. The predicted molar refractivity (Wildman–Crippen MR) is 109 cm³/mol. The number of nitrogens with zero attached hydrogens (tertiary/aromatic N) is 3. The number of rotatable bonds is 2. The van der Waals surface area contributed by atoms with Gasteiger partial charge in [-0.05, 0) is 66.5 Å². The summed E-state index contributed by atoms with van der Waals surface area (Å²) >= 11 is 0. The molecule has 142 valence electrons. The SMILES string of the molecule is CN(C=O)/C(N)=N\C1c2cc(C#N)ccc2CC12CCc1ccccc1CC2. The number of hydrogen-bond acceptors (Lipinski definition) is 3. The van der Waals surface area contributed by atoms with E-state index in [1.807, 2.05) is 12.1 Å². The van der Waals surface area contributed by atoms with E-state index in [0.717, 1.165) is 37.7 Å². The number of hydrogen-bond donors (Lipinski definition) is 1. The summed E-state index contributed by atoms with van der Waals surface area (Å²) in [5.41, 5.74) is 11.8. The lowest BCUT2D eigenvalue weighted by molar-refractivity contribution is -0.114. The lowest BCUT2D eigenvalue weighted by atomic mass is 9.74. The van der Waals surface area contributed by atoms with E-state index in [9.17, 15) is 10.1 Å². The summed E-state index contributed by atoms with van der Waals surface area (Å²) in [7, 11) is 1.61. The Morgan fingerprint density at radius 3 is 2.50 bits per heavy atom. The summed E-state index contributed by atoms with van der Waals surface area (Å²) in [6.45, 7) is 0. The first-order valence-electron chi connectivity index (χ1n) is 9.67. The Labute approximate surface area is 165 Å². The number of aliphatic imine (C=N–C) groups is 1. The van der Waals surface area contributed by atoms with Crippen LogP contribution in [0, 0.1) is 16.7 Å². The minimum atomic E-state index is -0.146. The minimum Gasteiger partial charge on any atom is -0.369 e. The van der Waals surface area contributed by atoms with E-state index in [-0.39, 0.29) is 17.4 Å². The maximum absolute atomic E-state index is 11.2. The van der Waals surface area contributed by atoms with Gasteiger partial charge in [-0.25, -0.2) is 4.99 Å². The molecular weight excluding hydrogens is 348 g/mol. The molecule has 0 aromatic heterocycles. The van der Waals surface area contributed by atoms with Gasteiger partial charge in [0, 0.05) is 12.5 Å². The smallest absolute Gasteiger partial charge is 0.216 e. The van der Waals surface area contributed by atoms with Crippen LogP contribution < -0.4 is 5.73 Å². The number of carbonyl (C=O) groups excluding carboxylic acids is 1. The average Bonchev–Trinajstić information content (AvgIpc) is 2.89. The molecule has 2 aliphatic carbocycles. The fraction of sp³-hybridized carbons (Fsp3) is 0.348. The zero-order valence-electron chi connectivity index (χ0n) is 16.1. The maximum atomic E-state index is 11.2. The van der Waals surface area contributed by atoms with Crippen LogP contribution in [0.3, 0.4) is 0 Å². The summed E-state index contributed by atoms with van der Waals surface area (Å²) in [4.78, 5) is 17.3. The van der Waals surface area contributed by atoms with Gasteiger partial charge in [-0.15, -0.1) is 0 Å². The summed E-state index contributed by atoms with van der Waals surface area (Å²) in [5, 5.41) is 9.36. The predicted octanol–water partition coefficient (Wildman–Crippen LogP) is 3.12. The number of fused-ring (bicyclic) bond motifs is 2. The molecule has 0 radical (unpaired) electrons. The number of carbonyl (C=O) groups is 1. The van der Waals surface area contributed by atoms with E-state index < -0.39 is 0 Å². The number of nitrogens with two attached hydrogens (primary N) is 1. The van der Waals surface area contributed by atoms with Gasteiger partial charge in [0.15, 0.2) is 5.96 Å². The third-order valence-corrected chi connectivity index (χ3v) is 6.38. The quantitative estimate of drug-likeness (QED) is 0.499. The molecule has 0 saturated heterocycles. The molecule has 0 fully saturated rings. The number of guanidine groups is 1. The molecule has 1 spiro atoms. The second-order valence-electron chi connectivity index (χ2n) is 7.94. The summed E-state index contributed by atoms with van der Waals surface area (Å²) in [6.07, 6.45) is 5.62. The summed E-state index contributed by atoms with van der Waals surface area (Å²) in [6, 6.07) is 16.6. The van der Waals surface area contributed by atoms with Crippen LogP contribution in [-0.2, 0) is 24.1 Å². The molecule has 2 aromatic carbocycles. The number of aryl methyl sites for hydroxylation is 2. The minimum absolute atomic E-state index is 0.0518. The largest absolute Gasteiger partial charge is 0.369 e. The highest BCUT2D eigenvalue weighted by Gasteiger charge is 2.46. The molecule has 0 bridgehead atoms. The third kappa shape index (κ3) is 3.05. The Morgan fingerprint density at radius 1 is 1.21 bits per heavy atom. The topological polar surface area (TPSA) is 82.5 Å². The van der Waals surface area contributed by atoms with Crippen molar-refractivity contribution in [2.75, 3.05) is 7.05 Å². The van der Waals surface area contributed by atoms with Gasteiger partial charge in [0.2, 0.25) is 6.41 Å². The Balaban J connectivity index is 1.78. The number of benzene rings is 2. The lowest BCUT2D eigenvalue weighted by Crippen LogP contribution is -2.35. The van der Waals surface area contributed by atoms with Crippen LogP contribution in [0.4, 0.5) is 0 Å². The van der Waals surface area contributed by atoms with Crippen LogP contribution in [0.25, 0.3) is 0 Å². The Morgan fingerprint density at radius 2 is 1.89 bits per heavy atom. The average molecular weight is 372 g/mol. The number of nitriles is 1. The molecule has 1 atom stereocenters. The molecule has 5 heteroatoms. The van der Waals surface area contributed by atoms with Crippen molar-refractivity contribution in [2.24, 2.45) is 16.1 Å². The van der Waals surface area contributed by atoms with Gasteiger partial charge >= 0.3 is 0 Å². The molecule has 0 aliphatic heterocycles. The fourth-order valence-electron chi connectivity index (χ4n) is 4.76. The Bertz CT molecular complexity index is 961. The molecule has 5 nitrogen and oxygen atoms in total. The molecule has 0 heterocycles. The van der Waals surface area contributed by atoms with E-state index in [2.05, 4.69) is 36.4 Å². The van der Waals surface area contributed by atoms with Crippen LogP contribution in [0.5, 0.6) is 0 Å². The van der Waals surface area contributed by atoms with Gasteiger partial charge in [0.1, 0.15) is 0 Å². The number of amides is 1. The monoisotopic (exact) mass is 372 g/mol. The second kappa shape index (κ2) is 7.12. The van der Waals surface area contributed by atoms with Gasteiger partial charge in [-0.1, -0.05) is 30.3 Å². The zero-order valence-corrected chi connectivity index (χ0v) is 16.1. The molecular formula is C23H24N4O. The molecule has 0 saturated carbocycles. The molecule has 28 heavy (non-hydrogen) atoms. The maximum Gasteiger partial charge on any atom is 0.216 e. The van der Waals surface area contributed by atoms with Crippen molar-refractivity contribution in [3.05, 3.63) is 70.3 Å². The van der Waals surface area contributed by atoms with Crippen LogP contribution in [0.15, 0.2) is 47.5 Å². The first-order valence-corrected chi connectivity index (χ1v) is 9.67.